The summed E-state index contributed by atoms with van der Waals surface area (Å²) in [5.74, 6) is -2.63. The molecule has 1 aromatic carbocycles. The predicted molar refractivity (Wildman–Crippen MR) is 61.1 cm³/mol. The normalized spacial score (nSPS) is 27.9. The van der Waals surface area contributed by atoms with Crippen LogP contribution in [0.4, 0.5) is 8.78 Å². The van der Waals surface area contributed by atoms with Crippen molar-refractivity contribution >= 4 is 6.08 Å². The summed E-state index contributed by atoms with van der Waals surface area (Å²) in [6.45, 7) is 1.75. The van der Waals surface area contributed by atoms with Gasteiger partial charge in [0, 0.05) is 13.0 Å². The van der Waals surface area contributed by atoms with Crippen molar-refractivity contribution in [3.05, 3.63) is 41.5 Å². The second kappa shape index (κ2) is 3.67. The summed E-state index contributed by atoms with van der Waals surface area (Å²) in [6.07, 6.45) is 1.68. The second-order valence-corrected chi connectivity index (χ2v) is 4.41. The summed E-state index contributed by atoms with van der Waals surface area (Å²) < 4.78 is 26.6. The van der Waals surface area contributed by atoms with Crippen LogP contribution in [0, 0.1) is 5.41 Å². The van der Waals surface area contributed by atoms with E-state index in [-0.39, 0.29) is 13.0 Å². The molecule has 1 aromatic rings. The van der Waals surface area contributed by atoms with E-state index < -0.39 is 11.3 Å². The number of hydrogen-bond donors (Lipinski definition) is 1. The summed E-state index contributed by atoms with van der Waals surface area (Å²) in [6, 6.07) is 9.47. The molecule has 0 aliphatic heterocycles. The molecule has 0 saturated heterocycles. The van der Waals surface area contributed by atoms with Gasteiger partial charge in [-0.1, -0.05) is 42.0 Å². The number of rotatable bonds is 3. The van der Waals surface area contributed by atoms with E-state index in [2.05, 4.69) is 0 Å². The Labute approximate surface area is 94.0 Å². The van der Waals surface area contributed by atoms with E-state index >= 15 is 0 Å². The molecule has 0 spiro atoms. The number of nitrogens with two attached hydrogens (primary N) is 1. The van der Waals surface area contributed by atoms with Gasteiger partial charge in [0.2, 0.25) is 0 Å². The first kappa shape index (κ1) is 11.3. The maximum Gasteiger partial charge on any atom is 0.259 e. The van der Waals surface area contributed by atoms with Crippen LogP contribution in [0.2, 0.25) is 0 Å². The van der Waals surface area contributed by atoms with Gasteiger partial charge in [-0.05, 0) is 12.5 Å². The van der Waals surface area contributed by atoms with Crippen molar-refractivity contribution in [1.82, 2.24) is 0 Å². The van der Waals surface area contributed by atoms with E-state index in [0.29, 0.717) is 5.57 Å². The number of halogens is 2. The lowest BCUT2D eigenvalue weighted by molar-refractivity contribution is 0.0786. The summed E-state index contributed by atoms with van der Waals surface area (Å²) in [4.78, 5) is 0. The van der Waals surface area contributed by atoms with Gasteiger partial charge in [-0.25, -0.2) is 8.78 Å². The maximum absolute atomic E-state index is 13.3. The molecule has 1 aliphatic rings. The Morgan fingerprint density at radius 1 is 1.38 bits per heavy atom. The van der Waals surface area contributed by atoms with E-state index in [1.54, 1.807) is 13.0 Å². The molecule has 0 bridgehead atoms. The van der Waals surface area contributed by atoms with Crippen molar-refractivity contribution in [1.29, 1.82) is 0 Å². The third-order valence-electron chi connectivity index (χ3n) is 3.38. The Morgan fingerprint density at radius 2 is 1.94 bits per heavy atom. The van der Waals surface area contributed by atoms with Crippen LogP contribution in [0.3, 0.4) is 0 Å². The fourth-order valence-corrected chi connectivity index (χ4v) is 2.08. The standard InChI is InChI=1S/C13H15F2N/c1-10(7-11-5-3-2-4-6-11)12(9-16)8-13(12,14)15/h2-7H,8-9,16H2,1H3/b10-7-. The van der Waals surface area contributed by atoms with Crippen molar-refractivity contribution < 1.29 is 8.78 Å². The van der Waals surface area contributed by atoms with Gasteiger partial charge >= 0.3 is 0 Å². The minimum atomic E-state index is -2.63. The monoisotopic (exact) mass is 223 g/mol. The zero-order valence-corrected chi connectivity index (χ0v) is 9.21. The van der Waals surface area contributed by atoms with Crippen molar-refractivity contribution in [2.24, 2.45) is 11.1 Å². The third-order valence-corrected chi connectivity index (χ3v) is 3.38. The lowest BCUT2D eigenvalue weighted by Gasteiger charge is -2.14. The average molecular weight is 223 g/mol. The molecular weight excluding hydrogens is 208 g/mol. The molecule has 1 atom stereocenters. The molecule has 16 heavy (non-hydrogen) atoms. The van der Waals surface area contributed by atoms with Gasteiger partial charge in [-0.2, -0.15) is 0 Å². The molecule has 86 valence electrons. The molecule has 1 nitrogen and oxygen atoms in total. The van der Waals surface area contributed by atoms with E-state index in [1.165, 1.54) is 0 Å². The lowest BCUT2D eigenvalue weighted by Crippen LogP contribution is -2.23. The molecule has 0 amide bonds. The molecule has 0 radical (unpaired) electrons. The minimum absolute atomic E-state index is 0.00909. The molecular formula is C13H15F2N. The topological polar surface area (TPSA) is 26.0 Å². The van der Waals surface area contributed by atoms with Crippen molar-refractivity contribution in [3.63, 3.8) is 0 Å². The Balaban J connectivity index is 2.27. The molecule has 2 N–H and O–H groups in total. The highest BCUT2D eigenvalue weighted by Gasteiger charge is 2.70. The number of alkyl halides is 2. The van der Waals surface area contributed by atoms with Gasteiger partial charge in [0.25, 0.3) is 5.92 Å². The summed E-state index contributed by atoms with van der Waals surface area (Å²) in [5.41, 5.74) is 6.00. The van der Waals surface area contributed by atoms with Crippen LogP contribution in [0.25, 0.3) is 6.08 Å². The molecule has 1 unspecified atom stereocenters. The van der Waals surface area contributed by atoms with Gasteiger partial charge in [-0.3, -0.25) is 0 Å². The second-order valence-electron chi connectivity index (χ2n) is 4.41. The number of hydrogen-bond acceptors (Lipinski definition) is 1. The fraction of sp³-hybridized carbons (Fsp3) is 0.385. The quantitative estimate of drug-likeness (QED) is 0.837. The zero-order chi connectivity index (χ0) is 11.8. The Bertz CT molecular complexity index is 411. The van der Waals surface area contributed by atoms with Crippen molar-refractivity contribution in [2.45, 2.75) is 19.3 Å². The zero-order valence-electron chi connectivity index (χ0n) is 9.21. The average Bonchev–Trinajstić information content (AvgIpc) is 2.84. The van der Waals surface area contributed by atoms with Gasteiger partial charge in [0.1, 0.15) is 0 Å². The SMILES string of the molecule is C/C(=C/c1ccccc1)C1(CN)CC1(F)F. The highest BCUT2D eigenvalue weighted by molar-refractivity contribution is 5.56. The number of benzene rings is 1. The van der Waals surface area contributed by atoms with Crippen LogP contribution in [0.15, 0.2) is 35.9 Å². The molecule has 2 rings (SSSR count). The van der Waals surface area contributed by atoms with Gasteiger partial charge in [-0.15, -0.1) is 0 Å². The predicted octanol–water partition coefficient (Wildman–Crippen LogP) is 3.07. The first-order chi connectivity index (χ1) is 7.52. The molecule has 1 aliphatic carbocycles. The molecule has 1 fully saturated rings. The van der Waals surface area contributed by atoms with Crippen LogP contribution in [0.5, 0.6) is 0 Å². The lowest BCUT2D eigenvalue weighted by atomic mass is 9.94. The minimum Gasteiger partial charge on any atom is -0.329 e. The summed E-state index contributed by atoms with van der Waals surface area (Å²) >= 11 is 0. The third kappa shape index (κ3) is 1.65. The highest BCUT2D eigenvalue weighted by atomic mass is 19.3. The van der Waals surface area contributed by atoms with Crippen LogP contribution in [-0.2, 0) is 0 Å². The fourth-order valence-electron chi connectivity index (χ4n) is 2.08. The highest BCUT2D eigenvalue weighted by Crippen LogP contribution is 2.64. The van der Waals surface area contributed by atoms with Crippen molar-refractivity contribution in [2.75, 3.05) is 6.54 Å². The van der Waals surface area contributed by atoms with E-state index in [0.717, 1.165) is 5.56 Å². The van der Waals surface area contributed by atoms with E-state index in [1.807, 2.05) is 30.3 Å². The first-order valence-electron chi connectivity index (χ1n) is 5.33. The molecule has 1 saturated carbocycles. The molecule has 3 heteroatoms. The van der Waals surface area contributed by atoms with Crippen LogP contribution >= 0.6 is 0 Å². The molecule has 0 heterocycles. The smallest absolute Gasteiger partial charge is 0.259 e. The van der Waals surface area contributed by atoms with Crippen LogP contribution < -0.4 is 5.73 Å². The Morgan fingerprint density at radius 3 is 2.38 bits per heavy atom. The van der Waals surface area contributed by atoms with Gasteiger partial charge in [0.05, 0.1) is 5.41 Å². The van der Waals surface area contributed by atoms with Crippen LogP contribution in [0.1, 0.15) is 18.9 Å². The van der Waals surface area contributed by atoms with Gasteiger partial charge in [0.15, 0.2) is 0 Å². The summed E-state index contributed by atoms with van der Waals surface area (Å²) in [7, 11) is 0. The van der Waals surface area contributed by atoms with Gasteiger partial charge < -0.3 is 5.73 Å². The Hall–Kier alpha value is -1.22. The van der Waals surface area contributed by atoms with Crippen LogP contribution in [-0.4, -0.2) is 12.5 Å². The van der Waals surface area contributed by atoms with E-state index in [9.17, 15) is 8.78 Å². The molecule has 0 aromatic heterocycles. The largest absolute Gasteiger partial charge is 0.329 e. The maximum atomic E-state index is 13.3. The first-order valence-corrected chi connectivity index (χ1v) is 5.33. The van der Waals surface area contributed by atoms with E-state index in [4.69, 9.17) is 5.73 Å². The van der Waals surface area contributed by atoms with Crippen molar-refractivity contribution in [3.8, 4) is 0 Å². The Kier molecular flexibility index (Phi) is 2.58. The summed E-state index contributed by atoms with van der Waals surface area (Å²) in [5, 5.41) is 0.